The summed E-state index contributed by atoms with van der Waals surface area (Å²) in [5.74, 6) is 2.78. The van der Waals surface area contributed by atoms with Gasteiger partial charge in [0.1, 0.15) is 0 Å². The molecule has 3 atom stereocenters. The maximum Gasteiger partial charge on any atom is 0.0704 e. The van der Waals surface area contributed by atoms with Gasteiger partial charge >= 0.3 is 0 Å². The van der Waals surface area contributed by atoms with E-state index in [9.17, 15) is 0 Å². The SMILES string of the molecule is CC(C)COCCOCCOC1CCCC(C)C1C(C)C. The van der Waals surface area contributed by atoms with Crippen LogP contribution in [0.5, 0.6) is 0 Å². The van der Waals surface area contributed by atoms with Crippen molar-refractivity contribution in [3.05, 3.63) is 0 Å². The Labute approximate surface area is 131 Å². The lowest BCUT2D eigenvalue weighted by atomic mass is 9.72. The molecule has 21 heavy (non-hydrogen) atoms. The standard InChI is InChI=1S/C18H36O3/c1-14(2)13-20-10-9-19-11-12-21-17-8-6-7-16(5)18(17)15(3)4/h14-18H,6-13H2,1-5H3. The van der Waals surface area contributed by atoms with Crippen LogP contribution in [0.25, 0.3) is 0 Å². The van der Waals surface area contributed by atoms with Gasteiger partial charge < -0.3 is 14.2 Å². The first-order valence-electron chi connectivity index (χ1n) is 8.79. The Morgan fingerprint density at radius 3 is 2.24 bits per heavy atom. The molecule has 0 aromatic carbocycles. The van der Waals surface area contributed by atoms with Crippen molar-refractivity contribution in [1.82, 2.24) is 0 Å². The average molecular weight is 300 g/mol. The third-order valence-electron chi connectivity index (χ3n) is 4.39. The van der Waals surface area contributed by atoms with Crippen LogP contribution in [-0.4, -0.2) is 39.1 Å². The predicted molar refractivity (Wildman–Crippen MR) is 87.6 cm³/mol. The molecule has 3 heteroatoms. The van der Waals surface area contributed by atoms with Crippen molar-refractivity contribution in [1.29, 1.82) is 0 Å². The largest absolute Gasteiger partial charge is 0.379 e. The minimum Gasteiger partial charge on any atom is -0.379 e. The molecule has 0 amide bonds. The van der Waals surface area contributed by atoms with E-state index >= 15 is 0 Å². The molecule has 0 bridgehead atoms. The van der Waals surface area contributed by atoms with Gasteiger partial charge in [0, 0.05) is 6.61 Å². The molecule has 1 aliphatic rings. The minimum atomic E-state index is 0.426. The molecule has 1 fully saturated rings. The second-order valence-corrected chi connectivity index (χ2v) is 7.22. The van der Waals surface area contributed by atoms with Crippen molar-refractivity contribution < 1.29 is 14.2 Å². The number of hydrogen-bond donors (Lipinski definition) is 0. The Bertz CT molecular complexity index is 253. The fraction of sp³-hybridized carbons (Fsp3) is 1.00. The van der Waals surface area contributed by atoms with Crippen LogP contribution < -0.4 is 0 Å². The fourth-order valence-electron chi connectivity index (χ4n) is 3.47. The van der Waals surface area contributed by atoms with Crippen molar-refractivity contribution in [3.63, 3.8) is 0 Å². The molecule has 0 aliphatic heterocycles. The van der Waals surface area contributed by atoms with Crippen LogP contribution in [0.3, 0.4) is 0 Å². The van der Waals surface area contributed by atoms with Crippen molar-refractivity contribution >= 4 is 0 Å². The summed E-state index contributed by atoms with van der Waals surface area (Å²) in [6.45, 7) is 14.9. The Hall–Kier alpha value is -0.120. The quantitative estimate of drug-likeness (QED) is 0.567. The van der Waals surface area contributed by atoms with E-state index < -0.39 is 0 Å². The predicted octanol–water partition coefficient (Wildman–Crippen LogP) is 4.15. The average Bonchev–Trinajstić information content (AvgIpc) is 2.41. The van der Waals surface area contributed by atoms with Gasteiger partial charge in [0.25, 0.3) is 0 Å². The Kier molecular flexibility index (Phi) is 9.54. The van der Waals surface area contributed by atoms with Crippen molar-refractivity contribution in [3.8, 4) is 0 Å². The minimum absolute atomic E-state index is 0.426. The van der Waals surface area contributed by atoms with Gasteiger partial charge in [-0.25, -0.2) is 0 Å². The summed E-state index contributed by atoms with van der Waals surface area (Å²) in [6, 6.07) is 0. The molecule has 126 valence electrons. The summed E-state index contributed by atoms with van der Waals surface area (Å²) in [6.07, 6.45) is 4.30. The Morgan fingerprint density at radius 2 is 1.57 bits per heavy atom. The van der Waals surface area contributed by atoms with Crippen LogP contribution >= 0.6 is 0 Å². The monoisotopic (exact) mass is 300 g/mol. The highest BCUT2D eigenvalue weighted by atomic mass is 16.5. The normalized spacial score (nSPS) is 26.7. The molecule has 1 saturated carbocycles. The zero-order chi connectivity index (χ0) is 15.7. The van der Waals surface area contributed by atoms with E-state index in [-0.39, 0.29) is 0 Å². The van der Waals surface area contributed by atoms with Crippen LogP contribution in [0.1, 0.15) is 53.9 Å². The molecule has 0 radical (unpaired) electrons. The molecular formula is C18H36O3. The zero-order valence-electron chi connectivity index (χ0n) is 14.8. The third-order valence-corrected chi connectivity index (χ3v) is 4.39. The summed E-state index contributed by atoms with van der Waals surface area (Å²) < 4.78 is 17.2. The number of ether oxygens (including phenoxy) is 3. The van der Waals surface area contributed by atoms with E-state index in [1.54, 1.807) is 0 Å². The highest BCUT2D eigenvalue weighted by Gasteiger charge is 2.33. The van der Waals surface area contributed by atoms with Crippen LogP contribution in [-0.2, 0) is 14.2 Å². The molecule has 0 aromatic rings. The molecule has 0 spiro atoms. The lowest BCUT2D eigenvalue weighted by Gasteiger charge is -2.39. The molecule has 0 heterocycles. The van der Waals surface area contributed by atoms with E-state index in [2.05, 4.69) is 34.6 Å². The molecule has 0 aromatic heterocycles. The first-order chi connectivity index (χ1) is 10.0. The van der Waals surface area contributed by atoms with E-state index in [0.717, 1.165) is 12.5 Å². The third kappa shape index (κ3) is 7.62. The maximum absolute atomic E-state index is 6.11. The van der Waals surface area contributed by atoms with Gasteiger partial charge in [-0.2, -0.15) is 0 Å². The summed E-state index contributed by atoms with van der Waals surface area (Å²) in [5.41, 5.74) is 0. The van der Waals surface area contributed by atoms with Crippen LogP contribution in [0.4, 0.5) is 0 Å². The highest BCUT2D eigenvalue weighted by molar-refractivity contribution is 4.82. The van der Waals surface area contributed by atoms with E-state index in [4.69, 9.17) is 14.2 Å². The van der Waals surface area contributed by atoms with E-state index in [0.29, 0.717) is 50.3 Å². The van der Waals surface area contributed by atoms with E-state index in [1.807, 2.05) is 0 Å². The first kappa shape index (κ1) is 18.9. The van der Waals surface area contributed by atoms with Crippen molar-refractivity contribution in [2.45, 2.75) is 60.0 Å². The van der Waals surface area contributed by atoms with Gasteiger partial charge in [0.2, 0.25) is 0 Å². The molecule has 1 rings (SSSR count). The van der Waals surface area contributed by atoms with Crippen LogP contribution in [0, 0.1) is 23.7 Å². The van der Waals surface area contributed by atoms with Gasteiger partial charge in [0.05, 0.1) is 32.5 Å². The van der Waals surface area contributed by atoms with Crippen LogP contribution in [0.2, 0.25) is 0 Å². The lowest BCUT2D eigenvalue weighted by Crippen LogP contribution is -2.37. The van der Waals surface area contributed by atoms with Gasteiger partial charge in [-0.15, -0.1) is 0 Å². The van der Waals surface area contributed by atoms with Gasteiger partial charge in [-0.1, -0.05) is 47.5 Å². The molecule has 3 unspecified atom stereocenters. The molecule has 0 saturated heterocycles. The maximum atomic E-state index is 6.11. The van der Waals surface area contributed by atoms with Crippen molar-refractivity contribution in [2.75, 3.05) is 33.0 Å². The summed E-state index contributed by atoms with van der Waals surface area (Å²) >= 11 is 0. The number of rotatable bonds is 10. The van der Waals surface area contributed by atoms with E-state index in [1.165, 1.54) is 19.3 Å². The smallest absolute Gasteiger partial charge is 0.0704 e. The second-order valence-electron chi connectivity index (χ2n) is 7.22. The highest BCUT2D eigenvalue weighted by Crippen LogP contribution is 2.36. The summed E-state index contributed by atoms with van der Waals surface area (Å²) in [5, 5.41) is 0. The topological polar surface area (TPSA) is 27.7 Å². The summed E-state index contributed by atoms with van der Waals surface area (Å²) in [4.78, 5) is 0. The molecule has 1 aliphatic carbocycles. The lowest BCUT2D eigenvalue weighted by molar-refractivity contribution is -0.0684. The van der Waals surface area contributed by atoms with Gasteiger partial charge in [-0.3, -0.25) is 0 Å². The molecular weight excluding hydrogens is 264 g/mol. The number of hydrogen-bond acceptors (Lipinski definition) is 3. The Balaban J connectivity index is 2.08. The van der Waals surface area contributed by atoms with Gasteiger partial charge in [0.15, 0.2) is 0 Å². The molecule has 0 N–H and O–H groups in total. The fourth-order valence-corrected chi connectivity index (χ4v) is 3.47. The van der Waals surface area contributed by atoms with Gasteiger partial charge in [-0.05, 0) is 30.1 Å². The van der Waals surface area contributed by atoms with Crippen molar-refractivity contribution in [2.24, 2.45) is 23.7 Å². The first-order valence-corrected chi connectivity index (χ1v) is 8.79. The zero-order valence-corrected chi connectivity index (χ0v) is 14.8. The van der Waals surface area contributed by atoms with Crippen LogP contribution in [0.15, 0.2) is 0 Å². The molecule has 3 nitrogen and oxygen atoms in total. The second kappa shape index (κ2) is 10.6. The Morgan fingerprint density at radius 1 is 0.905 bits per heavy atom. The summed E-state index contributed by atoms with van der Waals surface area (Å²) in [7, 11) is 0.